The number of para-hydroxylation sites is 1. The number of hydrogen-bond acceptors (Lipinski definition) is 7. The molecule has 8 nitrogen and oxygen atoms in total. The minimum Gasteiger partial charge on any atom is -0.462 e. The number of halogens is 3. The lowest BCUT2D eigenvalue weighted by Crippen LogP contribution is -2.11. The maximum absolute atomic E-state index is 13.3. The fourth-order valence-corrected chi connectivity index (χ4v) is 3.19. The number of hydrogen-bond donors (Lipinski definition) is 1. The van der Waals surface area contributed by atoms with Crippen LogP contribution in [0.15, 0.2) is 61.1 Å². The number of pyridine rings is 1. The van der Waals surface area contributed by atoms with Crippen molar-refractivity contribution in [3.05, 3.63) is 78.0 Å². The normalized spacial score (nSPS) is 11.3. The summed E-state index contributed by atoms with van der Waals surface area (Å²) in [5, 5.41) is 6.75. The first-order valence-electron chi connectivity index (χ1n) is 10.2. The van der Waals surface area contributed by atoms with Crippen LogP contribution in [0.2, 0.25) is 0 Å². The van der Waals surface area contributed by atoms with E-state index in [9.17, 15) is 18.0 Å². The van der Waals surface area contributed by atoms with E-state index in [0.29, 0.717) is 16.8 Å². The molecule has 0 spiro atoms. The minimum atomic E-state index is -4.63. The zero-order valence-electron chi connectivity index (χ0n) is 18.2. The molecule has 0 amide bonds. The summed E-state index contributed by atoms with van der Waals surface area (Å²) in [5.74, 6) is -0.330. The zero-order chi connectivity index (χ0) is 24.3. The Morgan fingerprint density at radius 1 is 1.12 bits per heavy atom. The van der Waals surface area contributed by atoms with E-state index in [1.165, 1.54) is 31.6 Å². The van der Waals surface area contributed by atoms with Crippen LogP contribution in [0.3, 0.4) is 0 Å². The van der Waals surface area contributed by atoms with Crippen LogP contribution < -0.4 is 5.32 Å². The van der Waals surface area contributed by atoms with Crippen molar-refractivity contribution in [1.82, 2.24) is 24.7 Å². The molecule has 4 aromatic rings. The molecule has 0 saturated heterocycles. The Hall–Kier alpha value is -4.28. The van der Waals surface area contributed by atoms with Crippen LogP contribution in [0, 0.1) is 6.92 Å². The summed E-state index contributed by atoms with van der Waals surface area (Å²) in [4.78, 5) is 25.0. The summed E-state index contributed by atoms with van der Waals surface area (Å²) in [6, 6.07) is 11.5. The molecule has 0 aliphatic heterocycles. The van der Waals surface area contributed by atoms with Crippen molar-refractivity contribution in [3.8, 4) is 16.9 Å². The van der Waals surface area contributed by atoms with Gasteiger partial charge >= 0.3 is 12.1 Å². The van der Waals surface area contributed by atoms with E-state index in [0.717, 1.165) is 10.7 Å². The Morgan fingerprint density at radius 3 is 2.56 bits per heavy atom. The highest BCUT2D eigenvalue weighted by atomic mass is 19.4. The Labute approximate surface area is 192 Å². The molecular formula is C23H19F3N6O2. The summed E-state index contributed by atoms with van der Waals surface area (Å²) in [5.41, 5.74) is 0.788. The van der Waals surface area contributed by atoms with Gasteiger partial charge < -0.3 is 10.1 Å². The van der Waals surface area contributed by atoms with Crippen molar-refractivity contribution >= 4 is 17.6 Å². The molecular weight excluding hydrogens is 449 g/mol. The Morgan fingerprint density at radius 2 is 1.88 bits per heavy atom. The number of aromatic nitrogens is 5. The molecule has 0 fully saturated rings. The van der Waals surface area contributed by atoms with Crippen LogP contribution in [-0.2, 0) is 10.9 Å². The van der Waals surface area contributed by atoms with Crippen molar-refractivity contribution in [1.29, 1.82) is 0 Å². The summed E-state index contributed by atoms with van der Waals surface area (Å²) in [6.45, 7) is 3.36. The molecule has 174 valence electrons. The van der Waals surface area contributed by atoms with Gasteiger partial charge in [0.25, 0.3) is 0 Å². The second-order valence-corrected chi connectivity index (χ2v) is 7.19. The van der Waals surface area contributed by atoms with Gasteiger partial charge in [0.2, 0.25) is 5.95 Å². The Bertz CT molecular complexity index is 1320. The van der Waals surface area contributed by atoms with Crippen molar-refractivity contribution in [2.75, 3.05) is 11.9 Å². The third-order valence-electron chi connectivity index (χ3n) is 4.74. The molecule has 4 rings (SSSR count). The number of carbonyl (C=O) groups excluding carboxylic acids is 1. The van der Waals surface area contributed by atoms with Gasteiger partial charge in [0.1, 0.15) is 0 Å². The van der Waals surface area contributed by atoms with Crippen molar-refractivity contribution in [2.45, 2.75) is 20.0 Å². The average molecular weight is 468 g/mol. The number of nitrogens with one attached hydrogen (secondary N) is 1. The summed E-state index contributed by atoms with van der Waals surface area (Å²) in [6.07, 6.45) is -0.388. The van der Waals surface area contributed by atoms with Crippen LogP contribution in [-0.4, -0.2) is 37.3 Å². The molecule has 1 N–H and O–H groups in total. The monoisotopic (exact) mass is 468 g/mol. The number of rotatable bonds is 6. The number of nitrogens with zero attached hydrogens (tertiary/aromatic N) is 5. The van der Waals surface area contributed by atoms with Crippen LogP contribution in [0.5, 0.6) is 0 Å². The highest BCUT2D eigenvalue weighted by Crippen LogP contribution is 2.32. The molecule has 11 heteroatoms. The third-order valence-corrected chi connectivity index (χ3v) is 4.74. The van der Waals surface area contributed by atoms with E-state index in [2.05, 4.69) is 25.4 Å². The number of ether oxygens (including phenoxy) is 1. The second kappa shape index (κ2) is 9.30. The van der Waals surface area contributed by atoms with Gasteiger partial charge in [0.15, 0.2) is 11.5 Å². The van der Waals surface area contributed by atoms with Gasteiger partial charge in [-0.1, -0.05) is 18.2 Å². The maximum atomic E-state index is 13.3. The van der Waals surface area contributed by atoms with Crippen LogP contribution in [0.4, 0.5) is 24.8 Å². The first-order chi connectivity index (χ1) is 16.3. The number of aryl methyl sites for hydroxylation is 1. The third kappa shape index (κ3) is 4.87. The van der Waals surface area contributed by atoms with Crippen LogP contribution in [0.25, 0.3) is 16.9 Å². The minimum absolute atomic E-state index is 0.0873. The lowest BCUT2D eigenvalue weighted by atomic mass is 10.1. The van der Waals surface area contributed by atoms with Crippen LogP contribution in [0.1, 0.15) is 28.7 Å². The fraction of sp³-hybridized carbons (Fsp3) is 0.174. The molecule has 3 heterocycles. The van der Waals surface area contributed by atoms with Gasteiger partial charge in [-0.2, -0.15) is 23.3 Å². The van der Waals surface area contributed by atoms with Crippen LogP contribution >= 0.6 is 0 Å². The second-order valence-electron chi connectivity index (χ2n) is 7.19. The molecule has 3 aromatic heterocycles. The van der Waals surface area contributed by atoms with E-state index in [-0.39, 0.29) is 29.6 Å². The predicted molar refractivity (Wildman–Crippen MR) is 118 cm³/mol. The van der Waals surface area contributed by atoms with Gasteiger partial charge in [-0.25, -0.2) is 14.5 Å². The van der Waals surface area contributed by atoms with Gasteiger partial charge in [0.05, 0.1) is 12.2 Å². The molecule has 0 saturated carbocycles. The number of benzene rings is 1. The van der Waals surface area contributed by atoms with E-state index in [1.807, 2.05) is 18.2 Å². The van der Waals surface area contributed by atoms with E-state index >= 15 is 0 Å². The van der Waals surface area contributed by atoms with E-state index in [1.54, 1.807) is 19.1 Å². The molecule has 0 bridgehead atoms. The number of anilines is 2. The Balaban J connectivity index is 1.85. The van der Waals surface area contributed by atoms with Crippen molar-refractivity contribution in [3.63, 3.8) is 0 Å². The lowest BCUT2D eigenvalue weighted by molar-refractivity contribution is -0.141. The van der Waals surface area contributed by atoms with Gasteiger partial charge in [-0.3, -0.25) is 4.98 Å². The maximum Gasteiger partial charge on any atom is 0.435 e. The molecule has 0 aliphatic rings. The largest absolute Gasteiger partial charge is 0.462 e. The highest BCUT2D eigenvalue weighted by molar-refractivity contribution is 5.90. The highest BCUT2D eigenvalue weighted by Gasteiger charge is 2.35. The average Bonchev–Trinajstić information content (AvgIpc) is 3.22. The molecule has 0 unspecified atom stereocenters. The topological polar surface area (TPSA) is 94.8 Å². The first-order valence-corrected chi connectivity index (χ1v) is 10.2. The standard InChI is InChI=1S/C23H19F3N6O2/c1-3-34-21(33)16-10-15(11-27-12-16)18-13-28-22(29-17-7-5-4-6-8-17)30-20(18)32-14(2)9-19(31-32)23(24,25)26/h4-13H,3H2,1-2H3,(H,28,29,30). The smallest absolute Gasteiger partial charge is 0.435 e. The molecule has 1 aromatic carbocycles. The predicted octanol–water partition coefficient (Wildman–Crippen LogP) is 4.97. The van der Waals surface area contributed by atoms with Gasteiger partial charge in [-0.05, 0) is 38.1 Å². The fourth-order valence-electron chi connectivity index (χ4n) is 3.19. The first kappa shape index (κ1) is 22.9. The van der Waals surface area contributed by atoms with Crippen molar-refractivity contribution in [2.24, 2.45) is 0 Å². The number of alkyl halides is 3. The molecule has 0 radical (unpaired) electrons. The SMILES string of the molecule is CCOC(=O)c1cncc(-c2cnc(Nc3ccccc3)nc2-n2nc(C(F)(F)F)cc2C)c1. The zero-order valence-corrected chi connectivity index (χ0v) is 18.2. The van der Waals surface area contributed by atoms with Crippen molar-refractivity contribution < 1.29 is 22.7 Å². The van der Waals surface area contributed by atoms with Gasteiger partial charge in [-0.15, -0.1) is 0 Å². The molecule has 0 aliphatic carbocycles. The summed E-state index contributed by atoms with van der Waals surface area (Å²) < 4.78 is 46.1. The van der Waals surface area contributed by atoms with E-state index in [4.69, 9.17) is 4.74 Å². The Kier molecular flexibility index (Phi) is 6.26. The lowest BCUT2D eigenvalue weighted by Gasteiger charge is -2.13. The molecule has 0 atom stereocenters. The number of esters is 1. The van der Waals surface area contributed by atoms with E-state index < -0.39 is 17.8 Å². The molecule has 34 heavy (non-hydrogen) atoms. The van der Waals surface area contributed by atoms with Gasteiger partial charge in [0, 0.05) is 41.1 Å². The summed E-state index contributed by atoms with van der Waals surface area (Å²) in [7, 11) is 0. The quantitative estimate of drug-likeness (QED) is 0.399. The number of carbonyl (C=O) groups is 1. The summed E-state index contributed by atoms with van der Waals surface area (Å²) >= 11 is 0.